The average Bonchev–Trinajstić information content (AvgIpc) is 3.01. The highest BCUT2D eigenvalue weighted by Crippen LogP contribution is 2.22. The molecule has 2 nitrogen and oxygen atoms in total. The molecule has 0 saturated carbocycles. The Kier molecular flexibility index (Phi) is 4.16. The lowest BCUT2D eigenvalue weighted by molar-refractivity contribution is 0.422. The summed E-state index contributed by atoms with van der Waals surface area (Å²) >= 11 is 1.78. The van der Waals surface area contributed by atoms with Crippen LogP contribution in [0.4, 0.5) is 5.69 Å². The first-order valence-electron chi connectivity index (χ1n) is 6.96. The minimum absolute atomic E-state index is 0.605. The summed E-state index contributed by atoms with van der Waals surface area (Å²) in [4.78, 5) is 2.50. The van der Waals surface area contributed by atoms with Gasteiger partial charge in [0.05, 0.1) is 0 Å². The summed E-state index contributed by atoms with van der Waals surface area (Å²) in [5.41, 5.74) is 2.76. The molecule has 1 saturated heterocycles. The van der Waals surface area contributed by atoms with E-state index < -0.39 is 0 Å². The maximum absolute atomic E-state index is 3.69. The van der Waals surface area contributed by atoms with E-state index in [0.29, 0.717) is 6.04 Å². The van der Waals surface area contributed by atoms with E-state index >= 15 is 0 Å². The second-order valence-corrected chi connectivity index (χ2v) is 5.91. The van der Waals surface area contributed by atoms with Crippen molar-refractivity contribution in [1.29, 1.82) is 0 Å². The molecule has 0 radical (unpaired) electrons. The number of piperidine rings is 1. The van der Waals surface area contributed by atoms with Crippen LogP contribution in [0.2, 0.25) is 0 Å². The topological polar surface area (TPSA) is 15.3 Å². The maximum Gasteiger partial charge on any atom is 0.0475 e. The third-order valence-corrected chi connectivity index (χ3v) is 4.40. The van der Waals surface area contributed by atoms with E-state index in [1.54, 1.807) is 11.3 Å². The molecule has 1 aromatic heterocycles. The van der Waals surface area contributed by atoms with E-state index in [-0.39, 0.29) is 0 Å². The second-order valence-electron chi connectivity index (χ2n) is 5.13. The van der Waals surface area contributed by atoms with Crippen molar-refractivity contribution in [3.05, 3.63) is 52.7 Å². The largest absolute Gasteiger partial charge is 0.369 e. The summed E-state index contributed by atoms with van der Waals surface area (Å²) in [5.74, 6) is 0. The molecule has 1 N–H and O–H groups in total. The molecule has 0 amide bonds. The Morgan fingerprint density at radius 1 is 1.21 bits per heavy atom. The van der Waals surface area contributed by atoms with Crippen LogP contribution >= 0.6 is 11.3 Å². The second kappa shape index (κ2) is 6.22. The molecule has 2 heterocycles. The minimum atomic E-state index is 0.605. The highest BCUT2D eigenvalue weighted by molar-refractivity contribution is 7.08. The van der Waals surface area contributed by atoms with Crippen LogP contribution in [-0.4, -0.2) is 19.1 Å². The molecule has 1 atom stereocenters. The molecule has 0 spiro atoms. The van der Waals surface area contributed by atoms with Crippen molar-refractivity contribution >= 4 is 17.0 Å². The number of anilines is 1. The molecular formula is C16H20N2S. The van der Waals surface area contributed by atoms with Gasteiger partial charge in [-0.25, -0.2) is 0 Å². The van der Waals surface area contributed by atoms with Crippen molar-refractivity contribution in [2.24, 2.45) is 0 Å². The quantitative estimate of drug-likeness (QED) is 0.916. The Morgan fingerprint density at radius 3 is 2.89 bits per heavy atom. The summed E-state index contributed by atoms with van der Waals surface area (Å²) in [6.07, 6.45) is 2.57. The van der Waals surface area contributed by atoms with Crippen LogP contribution in [0.5, 0.6) is 0 Å². The van der Waals surface area contributed by atoms with Crippen LogP contribution in [0.25, 0.3) is 0 Å². The smallest absolute Gasteiger partial charge is 0.0475 e. The lowest BCUT2D eigenvalue weighted by Crippen LogP contribution is -2.45. The van der Waals surface area contributed by atoms with Gasteiger partial charge in [-0.2, -0.15) is 11.3 Å². The summed E-state index contributed by atoms with van der Waals surface area (Å²) in [7, 11) is 0. The standard InChI is InChI=1S/C16H20N2S/c1-2-5-14(6-3-1)11-17-15-7-4-9-18(12-15)16-8-10-19-13-16/h1-3,5-6,8,10,13,15,17H,4,7,9,11-12H2. The highest BCUT2D eigenvalue weighted by Gasteiger charge is 2.19. The van der Waals surface area contributed by atoms with E-state index in [1.807, 2.05) is 0 Å². The number of rotatable bonds is 4. The molecule has 1 unspecified atom stereocenters. The van der Waals surface area contributed by atoms with Gasteiger partial charge >= 0.3 is 0 Å². The fourth-order valence-corrected chi connectivity index (χ4v) is 3.34. The van der Waals surface area contributed by atoms with Crippen molar-refractivity contribution in [3.63, 3.8) is 0 Å². The first kappa shape index (κ1) is 12.7. The fourth-order valence-electron chi connectivity index (χ4n) is 2.67. The molecule has 1 aromatic carbocycles. The predicted molar refractivity (Wildman–Crippen MR) is 82.8 cm³/mol. The molecule has 1 aliphatic heterocycles. The minimum Gasteiger partial charge on any atom is -0.369 e. The van der Waals surface area contributed by atoms with Gasteiger partial charge in [-0.1, -0.05) is 30.3 Å². The van der Waals surface area contributed by atoms with Crippen molar-refractivity contribution in [3.8, 4) is 0 Å². The van der Waals surface area contributed by atoms with Crippen LogP contribution in [-0.2, 0) is 6.54 Å². The van der Waals surface area contributed by atoms with Gasteiger partial charge < -0.3 is 10.2 Å². The van der Waals surface area contributed by atoms with Gasteiger partial charge in [0.25, 0.3) is 0 Å². The van der Waals surface area contributed by atoms with Gasteiger partial charge in [-0.3, -0.25) is 0 Å². The van der Waals surface area contributed by atoms with E-state index in [4.69, 9.17) is 0 Å². The molecule has 1 aliphatic rings. The van der Waals surface area contributed by atoms with Gasteiger partial charge in [-0.15, -0.1) is 0 Å². The summed E-state index contributed by atoms with van der Waals surface area (Å²) < 4.78 is 0. The van der Waals surface area contributed by atoms with E-state index in [1.165, 1.54) is 30.6 Å². The van der Waals surface area contributed by atoms with Crippen LogP contribution in [0, 0.1) is 0 Å². The zero-order valence-electron chi connectivity index (χ0n) is 11.1. The van der Waals surface area contributed by atoms with Crippen LogP contribution in [0.1, 0.15) is 18.4 Å². The number of benzene rings is 1. The number of hydrogen-bond acceptors (Lipinski definition) is 3. The van der Waals surface area contributed by atoms with E-state index in [0.717, 1.165) is 13.1 Å². The van der Waals surface area contributed by atoms with Gasteiger partial charge in [0, 0.05) is 36.7 Å². The Labute approximate surface area is 119 Å². The number of nitrogens with one attached hydrogen (secondary N) is 1. The zero-order valence-corrected chi connectivity index (χ0v) is 11.9. The first-order valence-corrected chi connectivity index (χ1v) is 7.90. The zero-order chi connectivity index (χ0) is 12.9. The molecule has 0 aliphatic carbocycles. The van der Waals surface area contributed by atoms with Crippen molar-refractivity contribution in [2.75, 3.05) is 18.0 Å². The van der Waals surface area contributed by atoms with Gasteiger partial charge in [-0.05, 0) is 29.9 Å². The molecule has 2 aromatic rings. The SMILES string of the molecule is c1ccc(CNC2CCCN(c3ccsc3)C2)cc1. The monoisotopic (exact) mass is 272 g/mol. The summed E-state index contributed by atoms with van der Waals surface area (Å²) in [5, 5.41) is 8.10. The lowest BCUT2D eigenvalue weighted by Gasteiger charge is -2.34. The normalized spacial score (nSPS) is 19.6. The Morgan fingerprint density at radius 2 is 2.11 bits per heavy atom. The fraction of sp³-hybridized carbons (Fsp3) is 0.375. The van der Waals surface area contributed by atoms with Crippen LogP contribution in [0.3, 0.4) is 0 Å². The van der Waals surface area contributed by atoms with Crippen molar-refractivity contribution in [2.45, 2.75) is 25.4 Å². The number of hydrogen-bond donors (Lipinski definition) is 1. The highest BCUT2D eigenvalue weighted by atomic mass is 32.1. The van der Waals surface area contributed by atoms with Crippen molar-refractivity contribution in [1.82, 2.24) is 5.32 Å². The first-order chi connectivity index (χ1) is 9.42. The molecular weight excluding hydrogens is 252 g/mol. The number of thiophene rings is 1. The molecule has 3 rings (SSSR count). The predicted octanol–water partition coefficient (Wildman–Crippen LogP) is 3.51. The molecule has 0 bridgehead atoms. The van der Waals surface area contributed by atoms with Crippen molar-refractivity contribution < 1.29 is 0 Å². The third-order valence-electron chi connectivity index (χ3n) is 3.73. The van der Waals surface area contributed by atoms with Crippen LogP contribution < -0.4 is 10.2 Å². The Bertz CT molecular complexity index is 481. The Hall–Kier alpha value is -1.32. The van der Waals surface area contributed by atoms with Gasteiger partial charge in [0.2, 0.25) is 0 Å². The maximum atomic E-state index is 3.69. The molecule has 19 heavy (non-hydrogen) atoms. The summed E-state index contributed by atoms with van der Waals surface area (Å²) in [6.45, 7) is 3.30. The Balaban J connectivity index is 1.54. The third kappa shape index (κ3) is 3.37. The van der Waals surface area contributed by atoms with Gasteiger partial charge in [0.1, 0.15) is 0 Å². The van der Waals surface area contributed by atoms with Gasteiger partial charge in [0.15, 0.2) is 0 Å². The molecule has 1 fully saturated rings. The molecule has 3 heteroatoms. The van der Waals surface area contributed by atoms with E-state index in [9.17, 15) is 0 Å². The molecule has 100 valence electrons. The van der Waals surface area contributed by atoms with Crippen LogP contribution in [0.15, 0.2) is 47.2 Å². The lowest BCUT2D eigenvalue weighted by atomic mass is 10.0. The number of nitrogens with zero attached hydrogens (tertiary/aromatic N) is 1. The van der Waals surface area contributed by atoms with E-state index in [2.05, 4.69) is 57.4 Å². The summed E-state index contributed by atoms with van der Waals surface area (Å²) in [6, 6.07) is 13.5. The average molecular weight is 272 g/mol.